The highest BCUT2D eigenvalue weighted by atomic mass is 16.5. The molecule has 0 radical (unpaired) electrons. The molecule has 26 heavy (non-hydrogen) atoms. The monoisotopic (exact) mass is 353 g/mol. The van der Waals surface area contributed by atoms with Gasteiger partial charge in [0.1, 0.15) is 5.69 Å². The molecule has 0 atom stereocenters. The molecule has 2 heterocycles. The Labute approximate surface area is 148 Å². The van der Waals surface area contributed by atoms with E-state index < -0.39 is 11.9 Å². The topological polar surface area (TPSA) is 98.0 Å². The number of carboxylic acid groups (broad SMARTS) is 2. The normalized spacial score (nSPS) is 11.9. The van der Waals surface area contributed by atoms with Crippen molar-refractivity contribution in [3.05, 3.63) is 47.2 Å². The number of ether oxygens (including phenoxy) is 2. The van der Waals surface area contributed by atoms with Crippen LogP contribution in [0.25, 0.3) is 22.0 Å². The van der Waals surface area contributed by atoms with E-state index in [1.165, 1.54) is 7.11 Å². The highest BCUT2D eigenvalue weighted by Crippen LogP contribution is 2.44. The van der Waals surface area contributed by atoms with Gasteiger partial charge in [0, 0.05) is 17.5 Å². The number of nitrogens with zero attached hydrogens (tertiary/aromatic N) is 1. The Hall–Kier alpha value is -3.48. The fraction of sp³-hybridized carbons (Fsp3) is 0.158. The van der Waals surface area contributed by atoms with E-state index in [4.69, 9.17) is 9.47 Å². The van der Waals surface area contributed by atoms with Gasteiger partial charge in [-0.25, -0.2) is 9.59 Å². The molecule has 7 heteroatoms. The van der Waals surface area contributed by atoms with E-state index in [9.17, 15) is 19.8 Å². The predicted octanol–water partition coefficient (Wildman–Crippen LogP) is 3.08. The minimum Gasteiger partial charge on any atom is -0.493 e. The molecule has 7 nitrogen and oxygen atoms in total. The Kier molecular flexibility index (Phi) is 3.40. The summed E-state index contributed by atoms with van der Waals surface area (Å²) in [4.78, 5) is 23.6. The zero-order chi connectivity index (χ0) is 18.6. The lowest BCUT2D eigenvalue weighted by molar-refractivity contribution is 0.0645. The number of rotatable bonds is 4. The zero-order valence-corrected chi connectivity index (χ0v) is 14.1. The summed E-state index contributed by atoms with van der Waals surface area (Å²) in [5, 5.41) is 19.7. The van der Waals surface area contributed by atoms with Crippen LogP contribution in [0.4, 0.5) is 0 Å². The predicted molar refractivity (Wildman–Crippen MR) is 93.5 cm³/mol. The van der Waals surface area contributed by atoms with E-state index in [-0.39, 0.29) is 17.8 Å². The van der Waals surface area contributed by atoms with Gasteiger partial charge in [-0.1, -0.05) is 18.2 Å². The number of methoxy groups -OCH3 is 2. The highest BCUT2D eigenvalue weighted by Gasteiger charge is 2.31. The average molecular weight is 353 g/mol. The highest BCUT2D eigenvalue weighted by molar-refractivity contribution is 6.15. The standard InChI is InChI=1S/C19H15NO6/c1-25-13-6-9-8-20-16-10(12(9)7-14(13)26-2)4-3-5-11(16)15(18(21)22)17(20)19(23)24/h3-7H,8H2,1-2H3,(H,21,22)(H,23,24). The smallest absolute Gasteiger partial charge is 0.353 e. The second-order valence-electron chi connectivity index (χ2n) is 5.99. The molecule has 0 bridgehead atoms. The second kappa shape index (κ2) is 5.52. The molecule has 0 saturated heterocycles. The number of hydrogen-bond donors (Lipinski definition) is 2. The first-order chi connectivity index (χ1) is 12.5. The van der Waals surface area contributed by atoms with Gasteiger partial charge in [0.15, 0.2) is 11.5 Å². The molecule has 2 aromatic carbocycles. The van der Waals surface area contributed by atoms with Gasteiger partial charge in [-0.05, 0) is 23.3 Å². The van der Waals surface area contributed by atoms with Crippen molar-refractivity contribution in [3.8, 4) is 22.6 Å². The van der Waals surface area contributed by atoms with Gasteiger partial charge in [-0.15, -0.1) is 0 Å². The Morgan fingerprint density at radius 3 is 2.31 bits per heavy atom. The largest absolute Gasteiger partial charge is 0.493 e. The summed E-state index contributed by atoms with van der Waals surface area (Å²) < 4.78 is 12.3. The fourth-order valence-corrected chi connectivity index (χ4v) is 3.70. The van der Waals surface area contributed by atoms with Crippen LogP contribution in [0.2, 0.25) is 0 Å². The Bertz CT molecular complexity index is 1100. The van der Waals surface area contributed by atoms with Gasteiger partial charge in [0.2, 0.25) is 0 Å². The summed E-state index contributed by atoms with van der Waals surface area (Å²) in [5.41, 5.74) is 2.65. The first-order valence-corrected chi connectivity index (χ1v) is 7.85. The summed E-state index contributed by atoms with van der Waals surface area (Å²) in [6.07, 6.45) is 0. The Morgan fingerprint density at radius 1 is 1.00 bits per heavy atom. The summed E-state index contributed by atoms with van der Waals surface area (Å²) >= 11 is 0. The molecule has 4 rings (SSSR count). The number of para-hydroxylation sites is 1. The van der Waals surface area contributed by atoms with Crippen LogP contribution in [0.3, 0.4) is 0 Å². The number of aromatic nitrogens is 1. The van der Waals surface area contributed by atoms with Crippen LogP contribution >= 0.6 is 0 Å². The van der Waals surface area contributed by atoms with Crippen LogP contribution in [-0.2, 0) is 6.54 Å². The average Bonchev–Trinajstić information content (AvgIpc) is 2.96. The van der Waals surface area contributed by atoms with Gasteiger partial charge in [0.25, 0.3) is 0 Å². The van der Waals surface area contributed by atoms with E-state index in [0.29, 0.717) is 22.4 Å². The van der Waals surface area contributed by atoms with E-state index in [1.54, 1.807) is 29.9 Å². The minimum atomic E-state index is -1.27. The third-order valence-electron chi connectivity index (χ3n) is 4.73. The Balaban J connectivity index is 2.13. The maximum atomic E-state index is 11.8. The summed E-state index contributed by atoms with van der Waals surface area (Å²) in [6, 6.07) is 8.84. The lowest BCUT2D eigenvalue weighted by Gasteiger charge is -2.22. The van der Waals surface area contributed by atoms with Crippen molar-refractivity contribution in [3.63, 3.8) is 0 Å². The maximum Gasteiger partial charge on any atom is 0.353 e. The van der Waals surface area contributed by atoms with Crippen LogP contribution < -0.4 is 9.47 Å². The van der Waals surface area contributed by atoms with Crippen LogP contribution in [0.5, 0.6) is 11.5 Å². The molecule has 0 fully saturated rings. The van der Waals surface area contributed by atoms with Gasteiger partial charge < -0.3 is 24.3 Å². The lowest BCUT2D eigenvalue weighted by atomic mass is 9.94. The first kappa shape index (κ1) is 16.0. The summed E-state index contributed by atoms with van der Waals surface area (Å²) in [5.74, 6) is -1.44. The van der Waals surface area contributed by atoms with Crippen molar-refractivity contribution in [1.29, 1.82) is 0 Å². The quantitative estimate of drug-likeness (QED) is 0.585. The van der Waals surface area contributed by atoms with Gasteiger partial charge in [-0.3, -0.25) is 0 Å². The number of carboxylic acids is 2. The van der Waals surface area contributed by atoms with Crippen LogP contribution in [0.1, 0.15) is 26.4 Å². The molecular weight excluding hydrogens is 338 g/mol. The molecule has 0 unspecified atom stereocenters. The molecule has 0 saturated carbocycles. The second-order valence-corrected chi connectivity index (χ2v) is 5.99. The van der Waals surface area contributed by atoms with Crippen LogP contribution in [-0.4, -0.2) is 40.9 Å². The van der Waals surface area contributed by atoms with Crippen LogP contribution in [0.15, 0.2) is 30.3 Å². The van der Waals surface area contributed by atoms with E-state index in [2.05, 4.69) is 0 Å². The molecular formula is C19H15NO6. The molecule has 132 valence electrons. The molecule has 0 aliphatic carbocycles. The van der Waals surface area contributed by atoms with Crippen molar-refractivity contribution >= 4 is 22.8 Å². The van der Waals surface area contributed by atoms with Crippen LogP contribution in [0, 0.1) is 0 Å². The maximum absolute atomic E-state index is 11.8. The van der Waals surface area contributed by atoms with E-state index in [0.717, 1.165) is 16.7 Å². The summed E-state index contributed by atoms with van der Waals surface area (Å²) in [7, 11) is 3.07. The number of benzene rings is 2. The van der Waals surface area contributed by atoms with E-state index >= 15 is 0 Å². The van der Waals surface area contributed by atoms with E-state index in [1.807, 2.05) is 12.1 Å². The number of hydrogen-bond acceptors (Lipinski definition) is 4. The fourth-order valence-electron chi connectivity index (χ4n) is 3.70. The third-order valence-corrected chi connectivity index (χ3v) is 4.73. The molecule has 3 aromatic rings. The van der Waals surface area contributed by atoms with Crippen molar-refractivity contribution in [2.75, 3.05) is 14.2 Å². The molecule has 2 N–H and O–H groups in total. The first-order valence-electron chi connectivity index (χ1n) is 7.85. The zero-order valence-electron chi connectivity index (χ0n) is 14.1. The van der Waals surface area contributed by atoms with Crippen molar-refractivity contribution in [1.82, 2.24) is 4.57 Å². The SMILES string of the molecule is COc1cc2c(cc1OC)-c1cccc3c(C(=O)O)c(C(=O)O)n(c13)C2. The summed E-state index contributed by atoms with van der Waals surface area (Å²) in [6.45, 7) is 0.234. The van der Waals surface area contributed by atoms with Crippen molar-refractivity contribution < 1.29 is 29.3 Å². The molecule has 0 amide bonds. The minimum absolute atomic E-state index is 0.193. The lowest BCUT2D eigenvalue weighted by Crippen LogP contribution is -2.16. The number of fused-ring (bicyclic) bond motifs is 2. The third kappa shape index (κ3) is 2.00. The molecule has 1 aromatic heterocycles. The molecule has 1 aliphatic rings. The van der Waals surface area contributed by atoms with Crippen molar-refractivity contribution in [2.45, 2.75) is 6.54 Å². The van der Waals surface area contributed by atoms with Gasteiger partial charge in [-0.2, -0.15) is 0 Å². The number of carbonyl (C=O) groups is 2. The molecule has 0 spiro atoms. The van der Waals surface area contributed by atoms with Gasteiger partial charge in [0.05, 0.1) is 25.3 Å². The molecule has 1 aliphatic heterocycles. The van der Waals surface area contributed by atoms with Gasteiger partial charge >= 0.3 is 11.9 Å². The Morgan fingerprint density at radius 2 is 1.69 bits per heavy atom. The van der Waals surface area contributed by atoms with Crippen molar-refractivity contribution in [2.24, 2.45) is 0 Å². The number of aromatic carboxylic acids is 2.